The predicted molar refractivity (Wildman–Crippen MR) is 199 cm³/mol. The Hall–Kier alpha value is -0.300. The van der Waals surface area contributed by atoms with Crippen LogP contribution in [0.4, 0.5) is 0 Å². The summed E-state index contributed by atoms with van der Waals surface area (Å²) in [5.41, 5.74) is 0. The van der Waals surface area contributed by atoms with Crippen molar-refractivity contribution in [2.24, 2.45) is 0 Å². The SMILES string of the molecule is CC(C)(Br)C(=O)OC[C@@H](OC(=O)C(C)(C)Br)[C@@H](OC(=O)C(C)(C)Br)[C@H](OC(=O)C(C)(C)Br)[C@@H](COC(=O)C(C)(C)Br)OC(=O)C(C)(C)Br. The third-order valence-corrected chi connectivity index (χ3v) is 7.67. The lowest BCUT2D eigenvalue weighted by Crippen LogP contribution is -2.57. The molecule has 0 aromatic rings. The van der Waals surface area contributed by atoms with Gasteiger partial charge in [-0.05, 0) is 83.1 Å². The summed E-state index contributed by atoms with van der Waals surface area (Å²) in [4.78, 5) is 79.1. The Kier molecular flexibility index (Phi) is 17.8. The maximum atomic E-state index is 13.5. The van der Waals surface area contributed by atoms with E-state index < -0.39 is 99.4 Å². The van der Waals surface area contributed by atoms with Crippen molar-refractivity contribution in [1.82, 2.24) is 0 Å². The van der Waals surface area contributed by atoms with Gasteiger partial charge in [0.25, 0.3) is 0 Å². The zero-order chi connectivity index (χ0) is 38.4. The second-order valence-corrected chi connectivity index (χ2v) is 25.6. The highest BCUT2D eigenvalue weighted by molar-refractivity contribution is 9.11. The third-order valence-electron chi connectivity index (χ3n) is 5.73. The first kappa shape index (κ1) is 47.7. The molecule has 4 atom stereocenters. The lowest BCUT2D eigenvalue weighted by Gasteiger charge is -2.38. The minimum Gasteiger partial charge on any atom is -0.461 e. The van der Waals surface area contributed by atoms with Gasteiger partial charge >= 0.3 is 35.8 Å². The minimum absolute atomic E-state index is 0.714. The molecule has 0 heterocycles. The Balaban J connectivity index is 7.71. The molecule has 0 aromatic heterocycles. The van der Waals surface area contributed by atoms with Crippen LogP contribution in [0.15, 0.2) is 0 Å². The van der Waals surface area contributed by atoms with E-state index in [2.05, 4.69) is 95.6 Å². The van der Waals surface area contributed by atoms with Crippen LogP contribution in [0.3, 0.4) is 0 Å². The molecule has 48 heavy (non-hydrogen) atoms. The van der Waals surface area contributed by atoms with Gasteiger partial charge < -0.3 is 28.4 Å². The van der Waals surface area contributed by atoms with Crippen LogP contribution in [-0.2, 0) is 57.2 Å². The summed E-state index contributed by atoms with van der Waals surface area (Å²) in [5, 5.41) is 0. The number of rotatable bonds is 17. The number of carbonyl (C=O) groups is 6. The molecule has 12 nitrogen and oxygen atoms in total. The maximum absolute atomic E-state index is 13.5. The smallest absolute Gasteiger partial charge is 0.322 e. The maximum Gasteiger partial charge on any atom is 0.322 e. The van der Waals surface area contributed by atoms with E-state index in [1.54, 1.807) is 0 Å². The monoisotopic (exact) mass is 1070 g/mol. The van der Waals surface area contributed by atoms with Crippen molar-refractivity contribution in [2.45, 2.75) is 133 Å². The van der Waals surface area contributed by atoms with Crippen molar-refractivity contribution in [3.05, 3.63) is 0 Å². The van der Waals surface area contributed by atoms with Gasteiger partial charge in [0.1, 0.15) is 39.2 Å². The number of carbonyl (C=O) groups excluding carboxylic acids is 6. The van der Waals surface area contributed by atoms with Crippen molar-refractivity contribution < 1.29 is 57.2 Å². The van der Waals surface area contributed by atoms with Crippen molar-refractivity contribution in [2.75, 3.05) is 13.2 Å². The normalized spacial score (nSPS) is 15.6. The first-order valence-corrected chi connectivity index (χ1v) is 19.2. The van der Waals surface area contributed by atoms with Crippen LogP contribution in [0.2, 0.25) is 0 Å². The van der Waals surface area contributed by atoms with E-state index in [0.717, 1.165) is 0 Å². The zero-order valence-electron chi connectivity index (χ0n) is 28.9. The van der Waals surface area contributed by atoms with Gasteiger partial charge in [-0.25, -0.2) is 0 Å². The van der Waals surface area contributed by atoms with Gasteiger partial charge in [0, 0.05) is 0 Å². The summed E-state index contributed by atoms with van der Waals surface area (Å²) >= 11 is 19.4. The first-order chi connectivity index (χ1) is 21.1. The van der Waals surface area contributed by atoms with Gasteiger partial charge in [0.05, 0.1) is 0 Å². The van der Waals surface area contributed by atoms with Crippen molar-refractivity contribution >= 4 is 131 Å². The number of alkyl halides is 6. The fourth-order valence-corrected chi connectivity index (χ4v) is 3.45. The van der Waals surface area contributed by atoms with E-state index in [0.29, 0.717) is 0 Å². The molecule has 0 rings (SSSR count). The summed E-state index contributed by atoms with van der Waals surface area (Å²) in [6.45, 7) is 16.4. The molecule has 0 aromatic carbocycles. The van der Waals surface area contributed by atoms with Crippen LogP contribution in [0.25, 0.3) is 0 Å². The van der Waals surface area contributed by atoms with Gasteiger partial charge in [-0.3, -0.25) is 28.8 Å². The first-order valence-electron chi connectivity index (χ1n) is 14.4. The Morgan fingerprint density at radius 1 is 0.375 bits per heavy atom. The summed E-state index contributed by atoms with van der Waals surface area (Å²) < 4.78 is 26.6. The molecular formula is C30H44Br6O12. The molecule has 18 heteroatoms. The van der Waals surface area contributed by atoms with Gasteiger partial charge in [-0.2, -0.15) is 0 Å². The second kappa shape index (κ2) is 18.0. The summed E-state index contributed by atoms with van der Waals surface area (Å²) in [7, 11) is 0. The molecule has 0 saturated carbocycles. The standard InChI is InChI=1S/C30H44Br6O12/c1-25(2,31)19(37)43-13-15(45-21(39)27(5,6)33)17(47-23(41)29(9,10)35)18(48-24(42)30(11,12)36)16(46-22(40)28(7,8)34)14-44-20(38)26(3,4)32/h15-18H,13-14H2,1-12H3/t15-,16-,17-,18-/m1/s1. The molecule has 0 fully saturated rings. The molecule has 0 unspecified atom stereocenters. The molecule has 0 amide bonds. The van der Waals surface area contributed by atoms with E-state index in [1.807, 2.05) is 0 Å². The molecule has 0 bridgehead atoms. The number of halogens is 6. The van der Waals surface area contributed by atoms with E-state index in [9.17, 15) is 28.8 Å². The topological polar surface area (TPSA) is 158 Å². The molecular weight excluding hydrogens is 1030 g/mol. The molecule has 0 N–H and O–H groups in total. The number of hydrogen-bond acceptors (Lipinski definition) is 12. The minimum atomic E-state index is -1.83. The molecule has 278 valence electrons. The van der Waals surface area contributed by atoms with Crippen LogP contribution in [0.5, 0.6) is 0 Å². The highest BCUT2D eigenvalue weighted by atomic mass is 79.9. The Bertz CT molecular complexity index is 1090. The van der Waals surface area contributed by atoms with E-state index >= 15 is 0 Å². The Labute approximate surface area is 332 Å². The van der Waals surface area contributed by atoms with Crippen LogP contribution in [-0.4, -0.2) is 99.4 Å². The van der Waals surface area contributed by atoms with Crippen LogP contribution in [0, 0.1) is 0 Å². The Morgan fingerprint density at radius 2 is 0.562 bits per heavy atom. The predicted octanol–water partition coefficient (Wildman–Crippen LogP) is 6.76. The van der Waals surface area contributed by atoms with E-state index in [4.69, 9.17) is 28.4 Å². The molecule has 0 aliphatic heterocycles. The van der Waals surface area contributed by atoms with E-state index in [1.165, 1.54) is 83.1 Å². The molecule has 0 radical (unpaired) electrons. The highest BCUT2D eigenvalue weighted by Crippen LogP contribution is 2.31. The molecule has 0 spiro atoms. The molecule has 0 saturated heterocycles. The zero-order valence-corrected chi connectivity index (χ0v) is 38.4. The molecule has 0 aliphatic rings. The third kappa shape index (κ3) is 16.8. The van der Waals surface area contributed by atoms with Gasteiger partial charge in [-0.15, -0.1) is 0 Å². The van der Waals surface area contributed by atoms with Gasteiger partial charge in [-0.1, -0.05) is 95.6 Å². The summed E-state index contributed by atoms with van der Waals surface area (Å²) in [6, 6.07) is 0. The fraction of sp³-hybridized carbons (Fsp3) is 0.800. The average Bonchev–Trinajstić information content (AvgIpc) is 2.86. The second-order valence-electron chi connectivity index (χ2n) is 13.7. The van der Waals surface area contributed by atoms with Crippen molar-refractivity contribution in [3.8, 4) is 0 Å². The lowest BCUT2D eigenvalue weighted by atomic mass is 10.0. The van der Waals surface area contributed by atoms with E-state index in [-0.39, 0.29) is 0 Å². The fourth-order valence-electron chi connectivity index (χ4n) is 2.84. The molecule has 0 aliphatic carbocycles. The largest absolute Gasteiger partial charge is 0.461 e. The average molecular weight is 1080 g/mol. The van der Waals surface area contributed by atoms with Crippen molar-refractivity contribution in [3.63, 3.8) is 0 Å². The van der Waals surface area contributed by atoms with Crippen LogP contribution < -0.4 is 0 Å². The van der Waals surface area contributed by atoms with Gasteiger partial charge in [0.15, 0.2) is 24.4 Å². The number of esters is 6. The summed E-state index contributed by atoms with van der Waals surface area (Å²) in [6.07, 6.45) is -7.01. The quantitative estimate of drug-likeness (QED) is 0.0858. The number of hydrogen-bond donors (Lipinski definition) is 0. The Morgan fingerprint density at radius 3 is 0.750 bits per heavy atom. The highest BCUT2D eigenvalue weighted by Gasteiger charge is 2.50. The van der Waals surface area contributed by atoms with Gasteiger partial charge in [0.2, 0.25) is 0 Å². The van der Waals surface area contributed by atoms with Crippen LogP contribution in [0.1, 0.15) is 83.1 Å². The summed E-state index contributed by atoms with van der Waals surface area (Å²) in [5.74, 6) is -5.17. The lowest BCUT2D eigenvalue weighted by molar-refractivity contribution is -0.211. The van der Waals surface area contributed by atoms with Crippen molar-refractivity contribution in [1.29, 1.82) is 0 Å². The van der Waals surface area contributed by atoms with Crippen LogP contribution >= 0.6 is 95.6 Å². The number of ether oxygens (including phenoxy) is 6.